The maximum atomic E-state index is 13.1. The predicted octanol–water partition coefficient (Wildman–Crippen LogP) is 3.29. The van der Waals surface area contributed by atoms with Crippen LogP contribution in [-0.4, -0.2) is 37.9 Å². The normalized spacial score (nSPS) is 14.1. The van der Waals surface area contributed by atoms with Gasteiger partial charge in [-0.3, -0.25) is 9.40 Å². The molecule has 1 fully saturated rings. The number of sulfonamides is 2. The minimum absolute atomic E-state index is 0.0448. The van der Waals surface area contributed by atoms with Crippen molar-refractivity contribution in [2.45, 2.75) is 43.9 Å². The molecule has 11 nitrogen and oxygen atoms in total. The Balaban J connectivity index is 1.42. The fourth-order valence-electron chi connectivity index (χ4n) is 3.76. The molecule has 0 atom stereocenters. The van der Waals surface area contributed by atoms with Crippen LogP contribution in [0.5, 0.6) is 5.75 Å². The molecule has 2 aromatic carbocycles. The number of aryl methyl sites for hydroxylation is 1. The number of anilines is 1. The summed E-state index contributed by atoms with van der Waals surface area (Å²) in [4.78, 5) is 0.150. The number of fused-ring (bicyclic) bond motifs is 1. The molecule has 1 aliphatic rings. The van der Waals surface area contributed by atoms with Crippen LogP contribution in [0.4, 0.5) is 5.82 Å². The largest absolute Gasteiger partial charge is 0.489 e. The van der Waals surface area contributed by atoms with E-state index in [0.717, 1.165) is 23.8 Å². The van der Waals surface area contributed by atoms with Crippen molar-refractivity contribution >= 4 is 36.8 Å². The van der Waals surface area contributed by atoms with Gasteiger partial charge in [-0.15, -0.1) is 0 Å². The summed E-state index contributed by atoms with van der Waals surface area (Å²) in [7, 11) is -7.45. The molecule has 0 spiro atoms. The summed E-state index contributed by atoms with van der Waals surface area (Å²) >= 11 is 0. The molecule has 0 radical (unpaired) electrons. The second-order valence-electron chi connectivity index (χ2n) is 8.77. The van der Waals surface area contributed by atoms with E-state index in [0.29, 0.717) is 34.4 Å². The van der Waals surface area contributed by atoms with Crippen LogP contribution < -0.4 is 14.2 Å². The van der Waals surface area contributed by atoms with E-state index in [1.165, 1.54) is 6.07 Å². The van der Waals surface area contributed by atoms with Crippen LogP contribution in [0, 0.1) is 6.92 Å². The third kappa shape index (κ3) is 5.68. The summed E-state index contributed by atoms with van der Waals surface area (Å²) in [5.41, 5.74) is 2.43. The molecule has 0 amide bonds. The molecule has 13 heteroatoms. The molecule has 2 aromatic heterocycles. The first-order valence-corrected chi connectivity index (χ1v) is 14.5. The van der Waals surface area contributed by atoms with Crippen LogP contribution in [0.15, 0.2) is 70.2 Å². The van der Waals surface area contributed by atoms with Gasteiger partial charge in [0.15, 0.2) is 11.4 Å². The second-order valence-corrected chi connectivity index (χ2v) is 12.1. The van der Waals surface area contributed by atoms with Gasteiger partial charge in [0.1, 0.15) is 11.1 Å². The van der Waals surface area contributed by atoms with Gasteiger partial charge >= 0.3 is 0 Å². The Hall–Kier alpha value is -3.68. The first-order valence-electron chi connectivity index (χ1n) is 11.4. The number of rotatable bonds is 11. The van der Waals surface area contributed by atoms with Crippen molar-refractivity contribution in [1.82, 2.24) is 19.7 Å². The number of nitrogens with one attached hydrogen (secondary N) is 2. The second kappa shape index (κ2) is 9.65. The molecule has 2 N–H and O–H groups in total. The van der Waals surface area contributed by atoms with E-state index in [1.54, 1.807) is 48.3 Å². The smallest absolute Gasteiger partial charge is 0.263 e. The van der Waals surface area contributed by atoms with Gasteiger partial charge in [-0.05, 0) is 49.1 Å². The van der Waals surface area contributed by atoms with E-state index in [-0.39, 0.29) is 23.4 Å². The van der Waals surface area contributed by atoms with Crippen LogP contribution in [0.1, 0.15) is 29.5 Å². The number of hydrogen-bond acceptors (Lipinski definition) is 8. The monoisotopic (exact) mass is 543 g/mol. The fraction of sp³-hybridized carbons (Fsp3) is 0.250. The third-order valence-corrected chi connectivity index (χ3v) is 8.24. The number of nitrogens with zero attached hydrogens (tertiary/aromatic N) is 3. The molecule has 194 valence electrons. The molecule has 1 aliphatic carbocycles. The predicted molar refractivity (Wildman–Crippen MR) is 137 cm³/mol. The molecule has 1 saturated carbocycles. The van der Waals surface area contributed by atoms with Crippen molar-refractivity contribution in [2.75, 3.05) is 4.72 Å². The van der Waals surface area contributed by atoms with Gasteiger partial charge in [0.05, 0.1) is 23.7 Å². The number of benzene rings is 2. The molecule has 0 bridgehead atoms. The highest BCUT2D eigenvalue weighted by Crippen LogP contribution is 2.38. The van der Waals surface area contributed by atoms with E-state index in [4.69, 9.17) is 9.26 Å². The highest BCUT2D eigenvalue weighted by Gasteiger charge is 2.28. The standard InChI is InChI=1S/C24H25N5O6S2/c1-3-36(30,31)26-13-18-12-25-29(15-18)14-17-10-20(34-19-8-9-19)23-21(11-17)35-27-24(23)28-37(32,33)22-7-5-4-6-16(22)2/h3-7,10-12,15,19,26H,1,8-9,13-14H2,2H3,(H,27,28). The van der Waals surface area contributed by atoms with Crippen molar-refractivity contribution in [3.63, 3.8) is 0 Å². The van der Waals surface area contributed by atoms with E-state index < -0.39 is 20.0 Å². The summed E-state index contributed by atoms with van der Waals surface area (Å²) in [6.07, 6.45) is 5.15. The number of hydrogen-bond donors (Lipinski definition) is 2. The minimum atomic E-state index is -3.91. The quantitative estimate of drug-likeness (QED) is 0.293. The maximum absolute atomic E-state index is 13.1. The lowest BCUT2D eigenvalue weighted by Crippen LogP contribution is -2.19. The van der Waals surface area contributed by atoms with Gasteiger partial charge in [0.2, 0.25) is 10.0 Å². The molecule has 0 aliphatic heterocycles. The summed E-state index contributed by atoms with van der Waals surface area (Å²) in [5.74, 6) is 0.515. The van der Waals surface area contributed by atoms with Crippen molar-refractivity contribution in [3.8, 4) is 5.75 Å². The van der Waals surface area contributed by atoms with Crippen LogP contribution >= 0.6 is 0 Å². The first-order chi connectivity index (χ1) is 17.6. The fourth-order valence-corrected chi connectivity index (χ4v) is 5.50. The zero-order valence-corrected chi connectivity index (χ0v) is 21.5. The van der Waals surface area contributed by atoms with Gasteiger partial charge in [0.25, 0.3) is 10.0 Å². The van der Waals surface area contributed by atoms with Crippen LogP contribution in [0.3, 0.4) is 0 Å². The molecular weight excluding hydrogens is 518 g/mol. The third-order valence-electron chi connectivity index (χ3n) is 5.76. The summed E-state index contributed by atoms with van der Waals surface area (Å²) in [6, 6.07) is 10.2. The van der Waals surface area contributed by atoms with Crippen molar-refractivity contribution in [2.24, 2.45) is 0 Å². The van der Waals surface area contributed by atoms with E-state index in [1.807, 2.05) is 6.07 Å². The maximum Gasteiger partial charge on any atom is 0.263 e. The highest BCUT2D eigenvalue weighted by molar-refractivity contribution is 7.93. The molecular formula is C24H25N5O6S2. The van der Waals surface area contributed by atoms with E-state index in [2.05, 4.69) is 26.3 Å². The average molecular weight is 544 g/mol. The molecule has 0 unspecified atom stereocenters. The van der Waals surface area contributed by atoms with Crippen molar-refractivity contribution in [1.29, 1.82) is 0 Å². The minimum Gasteiger partial charge on any atom is -0.489 e. The van der Waals surface area contributed by atoms with Crippen LogP contribution in [0.25, 0.3) is 11.0 Å². The Morgan fingerprint density at radius 3 is 2.70 bits per heavy atom. The molecule has 37 heavy (non-hydrogen) atoms. The molecule has 4 aromatic rings. The lowest BCUT2D eigenvalue weighted by atomic mass is 10.1. The Labute approximate surface area is 214 Å². The summed E-state index contributed by atoms with van der Waals surface area (Å²) in [5, 5.41) is 9.57. The van der Waals surface area contributed by atoms with Crippen molar-refractivity contribution in [3.05, 3.63) is 77.5 Å². The number of aromatic nitrogens is 3. The molecule has 0 saturated heterocycles. The topological polar surface area (TPSA) is 145 Å². The Bertz CT molecular complexity index is 1690. The van der Waals surface area contributed by atoms with Crippen LogP contribution in [0.2, 0.25) is 0 Å². The zero-order valence-electron chi connectivity index (χ0n) is 19.9. The highest BCUT2D eigenvalue weighted by atomic mass is 32.2. The van der Waals surface area contributed by atoms with Crippen LogP contribution in [-0.2, 0) is 33.1 Å². The van der Waals surface area contributed by atoms with Gasteiger partial charge in [0, 0.05) is 23.7 Å². The van der Waals surface area contributed by atoms with Gasteiger partial charge in [-0.25, -0.2) is 21.6 Å². The summed E-state index contributed by atoms with van der Waals surface area (Å²) < 4.78 is 67.5. The van der Waals surface area contributed by atoms with Gasteiger partial charge in [-0.2, -0.15) is 5.10 Å². The Kier molecular flexibility index (Phi) is 6.52. The van der Waals surface area contributed by atoms with Crippen molar-refractivity contribution < 1.29 is 26.1 Å². The Morgan fingerprint density at radius 1 is 1.19 bits per heavy atom. The lowest BCUT2D eigenvalue weighted by molar-refractivity contribution is 0.306. The van der Waals surface area contributed by atoms with Gasteiger partial charge < -0.3 is 9.26 Å². The van der Waals surface area contributed by atoms with E-state index in [9.17, 15) is 16.8 Å². The first kappa shape index (κ1) is 25.0. The Morgan fingerprint density at radius 2 is 1.97 bits per heavy atom. The average Bonchev–Trinajstić information content (AvgIpc) is 3.41. The molecule has 2 heterocycles. The SMILES string of the molecule is C=CS(=O)(=O)NCc1cnn(Cc2cc(OC3CC3)c3c(NS(=O)(=O)c4ccccc4C)noc3c2)c1. The number of ether oxygens (including phenoxy) is 1. The lowest BCUT2D eigenvalue weighted by Gasteiger charge is -2.11. The summed E-state index contributed by atoms with van der Waals surface area (Å²) in [6.45, 7) is 5.41. The zero-order chi connectivity index (χ0) is 26.2. The van der Waals surface area contributed by atoms with Gasteiger partial charge in [-0.1, -0.05) is 29.9 Å². The molecule has 5 rings (SSSR count). The van der Waals surface area contributed by atoms with E-state index >= 15 is 0 Å².